The first kappa shape index (κ1) is 19.4. The van der Waals surface area contributed by atoms with Crippen LogP contribution in [0.5, 0.6) is 0 Å². The first-order valence-electron chi connectivity index (χ1n) is 10.3. The molecule has 0 spiro atoms. The molecule has 0 saturated carbocycles. The Bertz CT molecular complexity index is 951. The fourth-order valence-corrected chi connectivity index (χ4v) is 3.94. The summed E-state index contributed by atoms with van der Waals surface area (Å²) in [5.41, 5.74) is 5.30. The summed E-state index contributed by atoms with van der Waals surface area (Å²) in [5.74, 6) is 1.80. The molecule has 1 aliphatic rings. The number of rotatable bonds is 7. The van der Waals surface area contributed by atoms with Crippen LogP contribution in [0.15, 0.2) is 60.9 Å². The van der Waals surface area contributed by atoms with Gasteiger partial charge in [0.15, 0.2) is 0 Å². The number of likely N-dealkylation sites (N-methyl/N-ethyl adjacent to an activating group) is 1. The Kier molecular flexibility index (Phi) is 5.76. The summed E-state index contributed by atoms with van der Waals surface area (Å²) < 4.78 is 0. The number of hydrogen-bond acceptors (Lipinski definition) is 5. The van der Waals surface area contributed by atoms with Gasteiger partial charge < -0.3 is 15.1 Å². The number of aromatic nitrogens is 2. The molecule has 1 aliphatic heterocycles. The number of nitrogens with zero attached hydrogens (tertiary/aromatic N) is 4. The lowest BCUT2D eigenvalue weighted by atomic mass is 10.0. The van der Waals surface area contributed by atoms with Crippen LogP contribution in [-0.4, -0.2) is 42.1 Å². The molecule has 0 aliphatic carbocycles. The van der Waals surface area contributed by atoms with Crippen LogP contribution >= 0.6 is 0 Å². The Morgan fingerprint density at radius 2 is 1.86 bits per heavy atom. The fraction of sp³-hybridized carbons (Fsp3) is 0.333. The Balaban J connectivity index is 1.48. The molecular formula is C24H29N5. The number of hydrogen-bond donors (Lipinski definition) is 1. The van der Waals surface area contributed by atoms with Crippen LogP contribution in [0.2, 0.25) is 0 Å². The molecule has 0 fully saturated rings. The second kappa shape index (κ2) is 8.62. The molecule has 2 heterocycles. The van der Waals surface area contributed by atoms with Crippen molar-refractivity contribution in [3.05, 3.63) is 77.6 Å². The smallest absolute Gasteiger partial charge is 0.138 e. The summed E-state index contributed by atoms with van der Waals surface area (Å²) in [6.45, 7) is 3.93. The molecule has 0 amide bonds. The van der Waals surface area contributed by atoms with Gasteiger partial charge in [-0.25, -0.2) is 9.97 Å². The highest BCUT2D eigenvalue weighted by molar-refractivity contribution is 5.68. The Morgan fingerprint density at radius 3 is 2.62 bits per heavy atom. The van der Waals surface area contributed by atoms with E-state index in [1.807, 2.05) is 0 Å². The first-order valence-corrected chi connectivity index (χ1v) is 10.3. The van der Waals surface area contributed by atoms with Gasteiger partial charge in [0.2, 0.25) is 0 Å². The zero-order valence-corrected chi connectivity index (χ0v) is 17.5. The monoisotopic (exact) mass is 387 g/mol. The van der Waals surface area contributed by atoms with Crippen LogP contribution in [0, 0.1) is 0 Å². The van der Waals surface area contributed by atoms with Crippen LogP contribution in [0.25, 0.3) is 0 Å². The molecule has 1 aromatic heterocycles. The van der Waals surface area contributed by atoms with E-state index in [9.17, 15) is 0 Å². The minimum absolute atomic E-state index is 0.270. The largest absolute Gasteiger partial charge is 0.368 e. The molecule has 5 nitrogen and oxygen atoms in total. The topological polar surface area (TPSA) is 44.3 Å². The summed E-state index contributed by atoms with van der Waals surface area (Å²) in [6, 6.07) is 19.8. The normalized spacial score (nSPS) is 14.1. The van der Waals surface area contributed by atoms with E-state index in [0.717, 1.165) is 37.6 Å². The third-order valence-corrected chi connectivity index (χ3v) is 5.69. The lowest BCUT2D eigenvalue weighted by molar-refractivity contribution is 0.311. The number of fused-ring (bicyclic) bond motifs is 1. The van der Waals surface area contributed by atoms with E-state index in [1.54, 1.807) is 6.33 Å². The van der Waals surface area contributed by atoms with Gasteiger partial charge >= 0.3 is 0 Å². The molecule has 0 saturated heterocycles. The maximum Gasteiger partial charge on any atom is 0.138 e. The van der Waals surface area contributed by atoms with E-state index >= 15 is 0 Å². The molecule has 1 unspecified atom stereocenters. The van der Waals surface area contributed by atoms with Gasteiger partial charge in [-0.3, -0.25) is 0 Å². The predicted octanol–water partition coefficient (Wildman–Crippen LogP) is 4.45. The number of nitrogens with one attached hydrogen (secondary N) is 1. The van der Waals surface area contributed by atoms with Crippen LogP contribution in [0.4, 0.5) is 17.3 Å². The van der Waals surface area contributed by atoms with Gasteiger partial charge in [0.1, 0.15) is 18.0 Å². The highest BCUT2D eigenvalue weighted by Crippen LogP contribution is 2.33. The van der Waals surface area contributed by atoms with Crippen LogP contribution in [-0.2, 0) is 12.8 Å². The van der Waals surface area contributed by atoms with Gasteiger partial charge in [-0.15, -0.1) is 0 Å². The molecule has 0 radical (unpaired) electrons. The molecule has 150 valence electrons. The van der Waals surface area contributed by atoms with E-state index < -0.39 is 0 Å². The minimum Gasteiger partial charge on any atom is -0.368 e. The van der Waals surface area contributed by atoms with Gasteiger partial charge in [-0.05, 0) is 49.7 Å². The second-order valence-electron chi connectivity index (χ2n) is 7.75. The van der Waals surface area contributed by atoms with Crippen molar-refractivity contribution in [1.82, 2.24) is 14.9 Å². The van der Waals surface area contributed by atoms with Crippen molar-refractivity contribution in [3.8, 4) is 0 Å². The Labute approximate surface area is 173 Å². The zero-order chi connectivity index (χ0) is 20.2. The van der Waals surface area contributed by atoms with Crippen molar-refractivity contribution in [2.24, 2.45) is 0 Å². The Morgan fingerprint density at radius 1 is 1.07 bits per heavy atom. The summed E-state index contributed by atoms with van der Waals surface area (Å²) >= 11 is 0. The van der Waals surface area contributed by atoms with Crippen molar-refractivity contribution in [2.45, 2.75) is 25.8 Å². The minimum atomic E-state index is 0.270. The van der Waals surface area contributed by atoms with Crippen molar-refractivity contribution < 1.29 is 0 Å². The van der Waals surface area contributed by atoms with Crippen molar-refractivity contribution >= 4 is 17.3 Å². The molecule has 2 aromatic carbocycles. The predicted molar refractivity (Wildman–Crippen MR) is 120 cm³/mol. The quantitative estimate of drug-likeness (QED) is 0.649. The molecule has 0 bridgehead atoms. The highest BCUT2D eigenvalue weighted by Gasteiger charge is 2.21. The summed E-state index contributed by atoms with van der Waals surface area (Å²) in [4.78, 5) is 13.5. The maximum absolute atomic E-state index is 4.52. The number of aryl methyl sites for hydroxylation is 1. The van der Waals surface area contributed by atoms with E-state index in [0.29, 0.717) is 0 Å². The highest BCUT2D eigenvalue weighted by atomic mass is 15.2. The fourth-order valence-electron chi connectivity index (χ4n) is 3.94. The van der Waals surface area contributed by atoms with E-state index in [4.69, 9.17) is 0 Å². The average Bonchev–Trinajstić information content (AvgIpc) is 3.18. The van der Waals surface area contributed by atoms with Crippen LogP contribution in [0.3, 0.4) is 0 Å². The Hall–Kier alpha value is -2.92. The number of para-hydroxylation sites is 1. The molecule has 5 heteroatoms. The van der Waals surface area contributed by atoms with E-state index in [-0.39, 0.29) is 6.04 Å². The summed E-state index contributed by atoms with van der Waals surface area (Å²) in [7, 11) is 4.24. The van der Waals surface area contributed by atoms with Gasteiger partial charge in [-0.1, -0.05) is 49.4 Å². The summed E-state index contributed by atoms with van der Waals surface area (Å²) in [6.07, 6.45) is 3.77. The molecular weight excluding hydrogens is 358 g/mol. The zero-order valence-electron chi connectivity index (χ0n) is 17.5. The molecule has 1 N–H and O–H groups in total. The summed E-state index contributed by atoms with van der Waals surface area (Å²) in [5, 5.41) is 3.52. The van der Waals surface area contributed by atoms with Gasteiger partial charge in [0, 0.05) is 24.8 Å². The average molecular weight is 388 g/mol. The standard InChI is InChI=1S/C24H29N5/c1-4-18-9-11-20(12-10-18)22(28(2)3)16-25-23-15-24(27-17-26-23)29-14-13-19-7-5-6-8-21(19)29/h5-12,15,17,22H,4,13-14,16H2,1-3H3,(H,25,26,27). The molecule has 29 heavy (non-hydrogen) atoms. The lowest BCUT2D eigenvalue weighted by Crippen LogP contribution is -2.27. The third kappa shape index (κ3) is 4.25. The number of anilines is 3. The number of benzene rings is 2. The van der Waals surface area contributed by atoms with E-state index in [2.05, 4.69) is 101 Å². The van der Waals surface area contributed by atoms with Crippen molar-refractivity contribution in [2.75, 3.05) is 37.4 Å². The van der Waals surface area contributed by atoms with E-state index in [1.165, 1.54) is 22.4 Å². The third-order valence-electron chi connectivity index (χ3n) is 5.69. The van der Waals surface area contributed by atoms with Gasteiger partial charge in [0.25, 0.3) is 0 Å². The maximum atomic E-state index is 4.52. The van der Waals surface area contributed by atoms with Gasteiger partial charge in [-0.2, -0.15) is 0 Å². The molecule has 3 aromatic rings. The van der Waals surface area contributed by atoms with Crippen LogP contribution < -0.4 is 10.2 Å². The molecule has 1 atom stereocenters. The van der Waals surface area contributed by atoms with Gasteiger partial charge in [0.05, 0.1) is 6.04 Å². The van der Waals surface area contributed by atoms with Crippen molar-refractivity contribution in [1.29, 1.82) is 0 Å². The SMILES string of the molecule is CCc1ccc(C(CNc2cc(N3CCc4ccccc43)ncn2)N(C)C)cc1. The molecule has 4 rings (SSSR count). The van der Waals surface area contributed by atoms with Crippen LogP contribution in [0.1, 0.15) is 29.7 Å². The van der Waals surface area contributed by atoms with Crippen molar-refractivity contribution in [3.63, 3.8) is 0 Å². The second-order valence-corrected chi connectivity index (χ2v) is 7.75. The lowest BCUT2D eigenvalue weighted by Gasteiger charge is -2.26. The first-order chi connectivity index (χ1) is 14.2.